The van der Waals surface area contributed by atoms with E-state index in [2.05, 4.69) is 39.2 Å². The van der Waals surface area contributed by atoms with Crippen molar-refractivity contribution in [2.24, 2.45) is 0 Å². The fraction of sp³-hybridized carbons (Fsp3) is 0.286. The average molecular weight is 381 g/mol. The molecule has 0 spiro atoms. The first-order chi connectivity index (χ1) is 13.2. The predicted molar refractivity (Wildman–Crippen MR) is 114 cm³/mol. The third-order valence-corrected chi connectivity index (χ3v) is 4.76. The summed E-state index contributed by atoms with van der Waals surface area (Å²) in [5.74, 6) is 0.624. The van der Waals surface area contributed by atoms with Crippen molar-refractivity contribution in [3.63, 3.8) is 0 Å². The molecular weight excluding hydrogens is 356 g/mol. The summed E-state index contributed by atoms with van der Waals surface area (Å²) in [4.78, 5) is 21.9. The Morgan fingerprint density at radius 3 is 2.67 bits per heavy atom. The van der Waals surface area contributed by atoms with Crippen LogP contribution < -0.4 is 10.9 Å². The van der Waals surface area contributed by atoms with E-state index in [9.17, 15) is 4.79 Å². The van der Waals surface area contributed by atoms with Gasteiger partial charge in [0.15, 0.2) is 5.11 Å². The molecule has 1 aromatic heterocycles. The molecule has 3 aromatic rings. The fourth-order valence-corrected chi connectivity index (χ4v) is 3.11. The second-order valence-corrected chi connectivity index (χ2v) is 6.84. The highest BCUT2D eigenvalue weighted by molar-refractivity contribution is 7.80. The quantitative estimate of drug-likeness (QED) is 0.613. The van der Waals surface area contributed by atoms with E-state index in [-0.39, 0.29) is 5.56 Å². The number of benzene rings is 2. The Kier molecular flexibility index (Phi) is 6.54. The van der Waals surface area contributed by atoms with E-state index in [0.29, 0.717) is 34.9 Å². The number of aromatic nitrogens is 2. The third kappa shape index (κ3) is 5.14. The standard InChI is InChI=1S/C21H24N4OS/c1-2-3-13-25(21(27)22-14-16-9-5-4-6-10-16)15-19-23-18-12-8-7-11-17(18)20(26)24-19/h4-12H,2-3,13-15H2,1H3,(H,22,27)(H,23,24,26). The molecule has 2 N–H and O–H groups in total. The minimum Gasteiger partial charge on any atom is -0.358 e. The lowest BCUT2D eigenvalue weighted by Gasteiger charge is -2.25. The lowest BCUT2D eigenvalue weighted by atomic mass is 10.2. The molecule has 0 fully saturated rings. The Balaban J connectivity index is 1.74. The SMILES string of the molecule is CCCCN(Cc1nc2ccccc2c(=O)[nH]1)C(=S)NCc1ccccc1. The van der Waals surface area contributed by atoms with E-state index in [0.717, 1.165) is 19.4 Å². The molecule has 0 amide bonds. The predicted octanol–water partition coefficient (Wildman–Crippen LogP) is 3.60. The van der Waals surface area contributed by atoms with Crippen LogP contribution in [0.3, 0.4) is 0 Å². The monoisotopic (exact) mass is 380 g/mol. The van der Waals surface area contributed by atoms with Crippen molar-refractivity contribution < 1.29 is 0 Å². The zero-order valence-corrected chi connectivity index (χ0v) is 16.3. The number of aromatic amines is 1. The summed E-state index contributed by atoms with van der Waals surface area (Å²) >= 11 is 5.61. The lowest BCUT2D eigenvalue weighted by molar-refractivity contribution is 0.385. The van der Waals surface area contributed by atoms with Gasteiger partial charge < -0.3 is 15.2 Å². The molecule has 1 heterocycles. The van der Waals surface area contributed by atoms with Gasteiger partial charge in [0.05, 0.1) is 17.4 Å². The van der Waals surface area contributed by atoms with Gasteiger partial charge in [-0.1, -0.05) is 55.8 Å². The number of nitrogens with one attached hydrogen (secondary N) is 2. The maximum absolute atomic E-state index is 12.3. The molecule has 0 saturated heterocycles. The summed E-state index contributed by atoms with van der Waals surface area (Å²) in [6.45, 7) is 4.10. The molecule has 0 saturated carbocycles. The minimum atomic E-state index is -0.116. The van der Waals surface area contributed by atoms with Crippen molar-refractivity contribution in [1.29, 1.82) is 0 Å². The van der Waals surface area contributed by atoms with Crippen molar-refractivity contribution in [1.82, 2.24) is 20.2 Å². The van der Waals surface area contributed by atoms with Crippen LogP contribution >= 0.6 is 12.2 Å². The number of rotatable bonds is 7. The van der Waals surface area contributed by atoms with Gasteiger partial charge in [-0.2, -0.15) is 0 Å². The number of thiocarbonyl (C=S) groups is 1. The van der Waals surface area contributed by atoms with Gasteiger partial charge in [0.2, 0.25) is 0 Å². The lowest BCUT2D eigenvalue weighted by Crippen LogP contribution is -2.40. The molecule has 6 heteroatoms. The zero-order chi connectivity index (χ0) is 19.1. The van der Waals surface area contributed by atoms with Gasteiger partial charge in [-0.25, -0.2) is 4.98 Å². The van der Waals surface area contributed by atoms with Crippen LogP contribution in [0, 0.1) is 0 Å². The van der Waals surface area contributed by atoms with Gasteiger partial charge in [-0.15, -0.1) is 0 Å². The molecule has 3 rings (SSSR count). The molecule has 0 atom stereocenters. The molecular formula is C21H24N4OS. The maximum atomic E-state index is 12.3. The summed E-state index contributed by atoms with van der Waals surface area (Å²) in [6, 6.07) is 17.5. The number of para-hydroxylation sites is 1. The first-order valence-corrected chi connectivity index (χ1v) is 9.63. The van der Waals surface area contributed by atoms with E-state index >= 15 is 0 Å². The van der Waals surface area contributed by atoms with Gasteiger partial charge in [-0.3, -0.25) is 4.79 Å². The van der Waals surface area contributed by atoms with Crippen LogP contribution in [0.4, 0.5) is 0 Å². The second-order valence-electron chi connectivity index (χ2n) is 6.45. The first kappa shape index (κ1) is 19.0. The number of fused-ring (bicyclic) bond motifs is 1. The van der Waals surface area contributed by atoms with Crippen molar-refractivity contribution in [2.45, 2.75) is 32.9 Å². The first-order valence-electron chi connectivity index (χ1n) is 9.22. The van der Waals surface area contributed by atoms with E-state index in [1.165, 1.54) is 5.56 Å². The Morgan fingerprint density at radius 1 is 1.15 bits per heavy atom. The summed E-state index contributed by atoms with van der Waals surface area (Å²) in [5.41, 5.74) is 1.76. The molecule has 0 aliphatic heterocycles. The van der Waals surface area contributed by atoms with Crippen molar-refractivity contribution in [2.75, 3.05) is 6.54 Å². The molecule has 0 aliphatic carbocycles. The van der Waals surface area contributed by atoms with Gasteiger partial charge in [0.1, 0.15) is 5.82 Å². The van der Waals surface area contributed by atoms with Gasteiger partial charge >= 0.3 is 0 Å². The molecule has 140 valence electrons. The highest BCUT2D eigenvalue weighted by Gasteiger charge is 2.12. The van der Waals surface area contributed by atoms with Crippen LogP contribution in [0.1, 0.15) is 31.2 Å². The van der Waals surface area contributed by atoms with Gasteiger partial charge in [0, 0.05) is 13.1 Å². The fourth-order valence-electron chi connectivity index (χ4n) is 2.88. The summed E-state index contributed by atoms with van der Waals surface area (Å²) in [5, 5.41) is 4.59. The Bertz CT molecular complexity index is 955. The summed E-state index contributed by atoms with van der Waals surface area (Å²) in [7, 11) is 0. The summed E-state index contributed by atoms with van der Waals surface area (Å²) < 4.78 is 0. The van der Waals surface area contributed by atoms with Gasteiger partial charge in [0.25, 0.3) is 5.56 Å². The van der Waals surface area contributed by atoms with Crippen LogP contribution in [0.5, 0.6) is 0 Å². The van der Waals surface area contributed by atoms with E-state index in [1.807, 2.05) is 36.4 Å². The number of unbranched alkanes of at least 4 members (excludes halogenated alkanes) is 1. The van der Waals surface area contributed by atoms with E-state index < -0.39 is 0 Å². The molecule has 5 nitrogen and oxygen atoms in total. The Hall–Kier alpha value is -2.73. The Morgan fingerprint density at radius 2 is 1.89 bits per heavy atom. The Labute approximate surface area is 164 Å². The van der Waals surface area contributed by atoms with E-state index in [1.54, 1.807) is 6.07 Å². The van der Waals surface area contributed by atoms with Crippen molar-refractivity contribution in [3.05, 3.63) is 76.3 Å². The number of nitrogens with zero attached hydrogens (tertiary/aromatic N) is 2. The van der Waals surface area contributed by atoms with E-state index in [4.69, 9.17) is 12.2 Å². The van der Waals surface area contributed by atoms with Crippen LogP contribution in [-0.2, 0) is 13.1 Å². The molecule has 0 bridgehead atoms. The maximum Gasteiger partial charge on any atom is 0.258 e. The average Bonchev–Trinajstić information content (AvgIpc) is 2.70. The molecule has 2 aromatic carbocycles. The number of hydrogen-bond acceptors (Lipinski definition) is 3. The minimum absolute atomic E-state index is 0.116. The molecule has 27 heavy (non-hydrogen) atoms. The second kappa shape index (κ2) is 9.28. The topological polar surface area (TPSA) is 61.0 Å². The van der Waals surface area contributed by atoms with Crippen LogP contribution in [0.15, 0.2) is 59.4 Å². The van der Waals surface area contributed by atoms with Crippen molar-refractivity contribution >= 4 is 28.2 Å². The highest BCUT2D eigenvalue weighted by atomic mass is 32.1. The zero-order valence-electron chi connectivity index (χ0n) is 15.4. The molecule has 0 unspecified atom stereocenters. The van der Waals surface area contributed by atoms with Crippen molar-refractivity contribution in [3.8, 4) is 0 Å². The van der Waals surface area contributed by atoms with Crippen LogP contribution in [0.25, 0.3) is 10.9 Å². The highest BCUT2D eigenvalue weighted by Crippen LogP contribution is 2.08. The van der Waals surface area contributed by atoms with Crippen LogP contribution in [-0.4, -0.2) is 26.5 Å². The number of H-pyrrole nitrogens is 1. The van der Waals surface area contributed by atoms with Gasteiger partial charge in [-0.05, 0) is 36.3 Å². The third-order valence-electron chi connectivity index (χ3n) is 4.36. The number of hydrogen-bond donors (Lipinski definition) is 2. The molecule has 0 aliphatic rings. The normalized spacial score (nSPS) is 10.7. The molecule has 0 radical (unpaired) electrons. The smallest absolute Gasteiger partial charge is 0.258 e. The van der Waals surface area contributed by atoms with Crippen LogP contribution in [0.2, 0.25) is 0 Å². The summed E-state index contributed by atoms with van der Waals surface area (Å²) in [6.07, 6.45) is 2.09. The largest absolute Gasteiger partial charge is 0.358 e.